The lowest BCUT2D eigenvalue weighted by molar-refractivity contribution is -0.117. The van der Waals surface area contributed by atoms with Crippen molar-refractivity contribution in [3.63, 3.8) is 0 Å². The maximum atomic E-state index is 11.2. The number of carbonyl (C=O) groups is 1. The third kappa shape index (κ3) is 6.34. The number of benzene rings is 1. The van der Waals surface area contributed by atoms with Gasteiger partial charge in [-0.05, 0) is 54.8 Å². The molecule has 5 nitrogen and oxygen atoms in total. The van der Waals surface area contributed by atoms with Crippen molar-refractivity contribution in [2.45, 2.75) is 58.5 Å². The minimum atomic E-state index is -0.120. The second-order valence-corrected chi connectivity index (χ2v) is 7.96. The van der Waals surface area contributed by atoms with E-state index in [1.807, 2.05) is 24.3 Å². The summed E-state index contributed by atoms with van der Waals surface area (Å²) in [6.45, 7) is 9.40. The quantitative estimate of drug-likeness (QED) is 0.565. The van der Waals surface area contributed by atoms with Gasteiger partial charge in [-0.3, -0.25) is 4.79 Å². The topological polar surface area (TPSA) is 54.5 Å². The van der Waals surface area contributed by atoms with Crippen LogP contribution in [0.2, 0.25) is 0 Å². The fourth-order valence-corrected chi connectivity index (χ4v) is 3.76. The summed E-state index contributed by atoms with van der Waals surface area (Å²) < 4.78 is 6.18. The van der Waals surface area contributed by atoms with Gasteiger partial charge >= 0.3 is 0 Å². The second-order valence-electron chi connectivity index (χ2n) is 7.96. The summed E-state index contributed by atoms with van der Waals surface area (Å²) in [5.41, 5.74) is 2.66. The van der Waals surface area contributed by atoms with E-state index < -0.39 is 0 Å². The Balaban J connectivity index is 1.52. The number of pyridine rings is 1. The van der Waals surface area contributed by atoms with Crippen LogP contribution in [0.15, 0.2) is 49.0 Å². The smallest absolute Gasteiger partial charge is 0.221 e. The second kappa shape index (κ2) is 10.8. The molecular formula is C25H33N3O2. The Morgan fingerprint density at radius 1 is 1.20 bits per heavy atom. The molecule has 30 heavy (non-hydrogen) atoms. The van der Waals surface area contributed by atoms with Crippen molar-refractivity contribution >= 4 is 17.4 Å². The van der Waals surface area contributed by atoms with E-state index in [1.54, 1.807) is 0 Å². The maximum absolute atomic E-state index is 11.2. The number of rotatable bonds is 10. The van der Waals surface area contributed by atoms with Gasteiger partial charge in [0.1, 0.15) is 17.7 Å². The molecule has 0 radical (unpaired) electrons. The predicted octanol–water partition coefficient (Wildman–Crippen LogP) is 4.97. The number of nitrogens with zero attached hydrogens (tertiary/aromatic N) is 2. The molecule has 3 rings (SSSR count). The van der Waals surface area contributed by atoms with Crippen molar-refractivity contribution < 1.29 is 9.53 Å². The molecule has 1 N–H and O–H groups in total. The van der Waals surface area contributed by atoms with Crippen molar-refractivity contribution in [1.82, 2.24) is 10.3 Å². The number of aromatic nitrogens is 1. The van der Waals surface area contributed by atoms with Crippen LogP contribution in [0.5, 0.6) is 5.75 Å². The van der Waals surface area contributed by atoms with Crippen LogP contribution in [0.1, 0.15) is 57.2 Å². The Kier molecular flexibility index (Phi) is 7.89. The number of amides is 1. The molecule has 1 aliphatic heterocycles. The molecule has 2 heterocycles. The number of carbonyl (C=O) groups excluding carboxylic acids is 1. The van der Waals surface area contributed by atoms with Gasteiger partial charge in [-0.2, -0.15) is 0 Å². The number of anilines is 1. The highest BCUT2D eigenvalue weighted by Gasteiger charge is 2.25. The van der Waals surface area contributed by atoms with Gasteiger partial charge in [0, 0.05) is 31.3 Å². The lowest BCUT2D eigenvalue weighted by Gasteiger charge is -2.19. The van der Waals surface area contributed by atoms with Crippen LogP contribution in [0.3, 0.4) is 0 Å². The molecule has 0 spiro atoms. The van der Waals surface area contributed by atoms with Crippen LogP contribution in [0.25, 0.3) is 5.70 Å². The summed E-state index contributed by atoms with van der Waals surface area (Å²) >= 11 is 0. The van der Waals surface area contributed by atoms with E-state index in [0.717, 1.165) is 43.1 Å². The van der Waals surface area contributed by atoms with E-state index in [4.69, 9.17) is 9.72 Å². The summed E-state index contributed by atoms with van der Waals surface area (Å²) in [5.74, 6) is 1.76. The largest absolute Gasteiger partial charge is 0.489 e. The van der Waals surface area contributed by atoms with E-state index >= 15 is 0 Å². The monoisotopic (exact) mass is 407 g/mol. The molecule has 1 amide bonds. The van der Waals surface area contributed by atoms with Gasteiger partial charge in [0.15, 0.2) is 0 Å². The Hall–Kier alpha value is -2.82. The maximum Gasteiger partial charge on any atom is 0.221 e. The van der Waals surface area contributed by atoms with Crippen LogP contribution in [0, 0.1) is 0 Å². The molecule has 5 heteroatoms. The number of nitrogens with one attached hydrogen (secondary N) is 1. The van der Waals surface area contributed by atoms with Crippen molar-refractivity contribution in [3.8, 4) is 5.75 Å². The van der Waals surface area contributed by atoms with Gasteiger partial charge in [0.25, 0.3) is 0 Å². The molecule has 1 unspecified atom stereocenters. The van der Waals surface area contributed by atoms with Gasteiger partial charge in [-0.1, -0.05) is 38.8 Å². The van der Waals surface area contributed by atoms with Crippen LogP contribution < -0.4 is 15.0 Å². The zero-order valence-electron chi connectivity index (χ0n) is 18.2. The van der Waals surface area contributed by atoms with E-state index in [-0.39, 0.29) is 12.0 Å². The first-order valence-corrected chi connectivity index (χ1v) is 11.0. The van der Waals surface area contributed by atoms with Gasteiger partial charge in [0.2, 0.25) is 5.91 Å². The van der Waals surface area contributed by atoms with Crippen molar-refractivity contribution in [2.75, 3.05) is 18.0 Å². The lowest BCUT2D eigenvalue weighted by atomic mass is 10.1. The highest BCUT2D eigenvalue weighted by Crippen LogP contribution is 2.24. The summed E-state index contributed by atoms with van der Waals surface area (Å²) in [4.78, 5) is 18.4. The molecule has 160 valence electrons. The average Bonchev–Trinajstić information content (AvgIpc) is 3.20. The van der Waals surface area contributed by atoms with E-state index in [2.05, 4.69) is 41.9 Å². The summed E-state index contributed by atoms with van der Waals surface area (Å²) in [5, 5.41) is 2.71. The first-order chi connectivity index (χ1) is 14.5. The predicted molar refractivity (Wildman–Crippen MR) is 123 cm³/mol. The minimum absolute atomic E-state index is 0.120. The molecule has 0 saturated carbocycles. The Bertz CT molecular complexity index is 848. The van der Waals surface area contributed by atoms with Crippen LogP contribution in [0.4, 0.5) is 5.82 Å². The fourth-order valence-electron chi connectivity index (χ4n) is 3.76. The zero-order valence-corrected chi connectivity index (χ0v) is 18.2. The summed E-state index contributed by atoms with van der Waals surface area (Å²) in [7, 11) is 0. The highest BCUT2D eigenvalue weighted by atomic mass is 16.5. The molecule has 1 fully saturated rings. The Labute approximate surface area is 180 Å². The first kappa shape index (κ1) is 21.9. The third-order valence-electron chi connectivity index (χ3n) is 5.38. The van der Waals surface area contributed by atoms with E-state index in [0.29, 0.717) is 5.70 Å². The highest BCUT2D eigenvalue weighted by molar-refractivity contribution is 5.84. The lowest BCUT2D eigenvalue weighted by Crippen LogP contribution is -2.25. The minimum Gasteiger partial charge on any atom is -0.489 e. The summed E-state index contributed by atoms with van der Waals surface area (Å²) in [6, 6.07) is 14.1. The van der Waals surface area contributed by atoms with Crippen LogP contribution >= 0.6 is 0 Å². The Morgan fingerprint density at radius 2 is 2.00 bits per heavy atom. The normalized spacial score (nSPS) is 15.8. The fraction of sp³-hybridized carbons (Fsp3) is 0.440. The van der Waals surface area contributed by atoms with E-state index in [1.165, 1.54) is 38.3 Å². The van der Waals surface area contributed by atoms with Gasteiger partial charge in [0.05, 0.1) is 6.54 Å². The van der Waals surface area contributed by atoms with Crippen molar-refractivity contribution in [2.24, 2.45) is 0 Å². The molecular weight excluding hydrogens is 374 g/mol. The summed E-state index contributed by atoms with van der Waals surface area (Å²) in [6.07, 6.45) is 7.21. The van der Waals surface area contributed by atoms with Crippen molar-refractivity contribution in [3.05, 3.63) is 60.3 Å². The van der Waals surface area contributed by atoms with E-state index in [9.17, 15) is 4.79 Å². The average molecular weight is 408 g/mol. The SMILES string of the molecule is C=C(NC(C)=O)c1ccc(OC2CCN(c3cccc(CCCCCC)n3)C2)cc1. The number of ether oxygens (including phenoxy) is 1. The molecule has 2 aromatic rings. The Morgan fingerprint density at radius 3 is 2.73 bits per heavy atom. The number of unbranched alkanes of at least 4 members (excludes halogenated alkanes) is 3. The number of aryl methyl sites for hydroxylation is 1. The number of hydrogen-bond donors (Lipinski definition) is 1. The van der Waals surface area contributed by atoms with Gasteiger partial charge < -0.3 is 15.0 Å². The molecule has 1 atom stereocenters. The standard InChI is InChI=1S/C25H33N3O2/c1-4-5-6-7-9-22-10-8-11-25(27-22)28-17-16-24(18-28)30-23-14-12-21(13-15-23)19(2)26-20(3)29/h8,10-15,24H,2,4-7,9,16-18H2,1,3H3,(H,26,29). The third-order valence-corrected chi connectivity index (χ3v) is 5.38. The van der Waals surface area contributed by atoms with Crippen LogP contribution in [-0.4, -0.2) is 30.1 Å². The van der Waals surface area contributed by atoms with Gasteiger partial charge in [-0.25, -0.2) is 4.98 Å². The molecule has 0 bridgehead atoms. The molecule has 1 aromatic carbocycles. The number of hydrogen-bond acceptors (Lipinski definition) is 4. The van der Waals surface area contributed by atoms with Crippen molar-refractivity contribution in [1.29, 1.82) is 0 Å². The van der Waals surface area contributed by atoms with Gasteiger partial charge in [-0.15, -0.1) is 0 Å². The first-order valence-electron chi connectivity index (χ1n) is 11.0. The molecule has 0 aliphatic carbocycles. The molecule has 1 aliphatic rings. The molecule has 1 saturated heterocycles. The zero-order chi connectivity index (χ0) is 21.3. The van der Waals surface area contributed by atoms with Crippen LogP contribution in [-0.2, 0) is 11.2 Å². The molecule has 1 aromatic heterocycles.